The van der Waals surface area contributed by atoms with Crippen LogP contribution in [0.5, 0.6) is 5.75 Å². The number of hydrogen-bond acceptors (Lipinski definition) is 13. The minimum atomic E-state index is -1.61. The van der Waals surface area contributed by atoms with Gasteiger partial charge in [0.25, 0.3) is 0 Å². The highest BCUT2D eigenvalue weighted by molar-refractivity contribution is 7.80. The summed E-state index contributed by atoms with van der Waals surface area (Å²) in [6, 6.07) is -0.300. The van der Waals surface area contributed by atoms with Crippen molar-refractivity contribution in [3.63, 3.8) is 0 Å². The minimum Gasteiger partial charge on any atom is -0.497 e. The number of esters is 2. The number of carbonyl (C=O) groups is 8. The number of cyclic esters (lactones) is 2. The first-order valence-electron chi connectivity index (χ1n) is 26.5. The fraction of sp³-hybridized carbons (Fsp3) is 0.722. The van der Waals surface area contributed by atoms with Gasteiger partial charge in [0.2, 0.25) is 29.5 Å². The van der Waals surface area contributed by atoms with Gasteiger partial charge in [-0.3, -0.25) is 33.6 Å². The van der Waals surface area contributed by atoms with Crippen molar-refractivity contribution < 1.29 is 57.7 Å². The number of ketones is 1. The molecule has 5 N–H and O–H groups in total. The summed E-state index contributed by atoms with van der Waals surface area (Å²) in [7, 11) is 4.63. The number of nitrogens with one attached hydrogen (secondary N) is 4. The van der Waals surface area contributed by atoms with Gasteiger partial charge in [-0.2, -0.15) is 0 Å². The molecule has 0 saturated carbocycles. The van der Waals surface area contributed by atoms with E-state index in [4.69, 9.17) is 26.4 Å². The van der Waals surface area contributed by atoms with E-state index in [0.29, 0.717) is 42.2 Å². The average molecular weight is 1060 g/mol. The Morgan fingerprint density at radius 1 is 0.932 bits per heavy atom. The molecule has 2 aliphatic heterocycles. The molecule has 416 valence electrons. The first kappa shape index (κ1) is 62.9. The van der Waals surface area contributed by atoms with Crippen LogP contribution in [0, 0.1) is 29.6 Å². The van der Waals surface area contributed by atoms with Crippen molar-refractivity contribution in [2.45, 2.75) is 189 Å². The summed E-state index contributed by atoms with van der Waals surface area (Å²) in [6.07, 6.45) is -1.84. The molecule has 11 atom stereocenters. The molecule has 20 heteroatoms. The molecule has 0 aromatic heterocycles. The van der Waals surface area contributed by atoms with E-state index in [0.717, 1.165) is 12.8 Å². The van der Waals surface area contributed by atoms with Crippen LogP contribution in [0.25, 0.3) is 0 Å². The number of Topliss-reactive ketones (excluding diaryl/α,β-unsaturated/α-hetero) is 1. The molecule has 0 bridgehead atoms. The standard InChI is InChI=1S/C54H87N7O12S/c1-15-17-24-55-54(74)60(13)40(27-31(5)6)49(66)58-45-35(11)72-53(70)41(28-36-20-22-37(71-14)23-21-36)59(12)52(69)39-19-18-25-61(39)51(68)38(26-30(3)4)56-48(65)34(10)46(64)47(32(7)8)73-43(63)29-42(62)44(33(9)16-2)57-50(45)67/h20-23,30-35,38-42,44-45,47,62H,15-19,24-29H2,1-14H3,(H,55,74)(H,56,65)(H,57,67)(H,58,66)/t33-,34-,35+,38-,39?,40+,41-,42-,44?,45-,47-/m0/s1. The Hall–Kier alpha value is -5.37. The molecule has 2 unspecified atom stereocenters. The number of benzene rings is 1. The predicted molar refractivity (Wildman–Crippen MR) is 284 cm³/mol. The second kappa shape index (κ2) is 29.6. The molecular weight excluding hydrogens is 971 g/mol. The van der Waals surface area contributed by atoms with Crippen molar-refractivity contribution in [2.24, 2.45) is 29.6 Å². The van der Waals surface area contributed by atoms with Gasteiger partial charge in [-0.1, -0.05) is 87.3 Å². The number of amides is 5. The zero-order chi connectivity index (χ0) is 55.7. The van der Waals surface area contributed by atoms with E-state index in [1.807, 2.05) is 41.5 Å². The lowest BCUT2D eigenvalue weighted by atomic mass is 9.91. The summed E-state index contributed by atoms with van der Waals surface area (Å²) in [5.41, 5.74) is 0.620. The number of fused-ring (bicyclic) bond motifs is 1. The lowest BCUT2D eigenvalue weighted by Crippen LogP contribution is -2.62. The monoisotopic (exact) mass is 1060 g/mol. The zero-order valence-electron chi connectivity index (χ0n) is 46.4. The maximum atomic E-state index is 14.9. The highest BCUT2D eigenvalue weighted by Crippen LogP contribution is 2.26. The molecule has 3 rings (SSSR count). The first-order chi connectivity index (χ1) is 34.8. The predicted octanol–water partition coefficient (Wildman–Crippen LogP) is 4.09. The molecule has 74 heavy (non-hydrogen) atoms. The SMILES string of the molecule is CCCCNC(=S)N(C)[C@H](CC(C)C)C(=O)N[C@@H]1C(=O)NC([C@@H](C)CC)[C@@H](O)CC(=O)O[C@@H](C(C)C)C(=O)[C@H](C)C(=O)N[C@@H](CC(C)C)C(=O)N2CCCC2C(=O)N(C)[C@@H](Cc2ccc(OC)cc2)C(=O)O[C@@H]1C. The Labute approximate surface area is 444 Å². The molecule has 2 fully saturated rings. The fourth-order valence-corrected chi connectivity index (χ4v) is 9.47. The third-order valence-electron chi connectivity index (χ3n) is 14.1. The van der Waals surface area contributed by atoms with Crippen molar-refractivity contribution in [3.8, 4) is 5.75 Å². The quantitative estimate of drug-likeness (QED) is 0.0678. The second-order valence-corrected chi connectivity index (χ2v) is 21.7. The lowest BCUT2D eigenvalue weighted by molar-refractivity contribution is -0.163. The third kappa shape index (κ3) is 17.6. The number of methoxy groups -OCH3 is 1. The van der Waals surface area contributed by atoms with Gasteiger partial charge in [0.1, 0.15) is 42.1 Å². The summed E-state index contributed by atoms with van der Waals surface area (Å²) < 4.78 is 17.3. The number of aliphatic hydroxyl groups excluding tert-OH is 1. The summed E-state index contributed by atoms with van der Waals surface area (Å²) in [6.45, 7) is 20.1. The van der Waals surface area contributed by atoms with Crippen LogP contribution in [-0.2, 0) is 54.3 Å². The number of aliphatic hydroxyl groups is 1. The Morgan fingerprint density at radius 3 is 2.15 bits per heavy atom. The van der Waals surface area contributed by atoms with Crippen LogP contribution < -0.4 is 26.0 Å². The van der Waals surface area contributed by atoms with Crippen molar-refractivity contribution in [3.05, 3.63) is 29.8 Å². The topological polar surface area (TPSA) is 242 Å². The highest BCUT2D eigenvalue weighted by Gasteiger charge is 2.45. The Kier molecular flexibility index (Phi) is 25.2. The van der Waals surface area contributed by atoms with Crippen LogP contribution >= 0.6 is 12.2 Å². The number of ether oxygens (including phenoxy) is 3. The van der Waals surface area contributed by atoms with E-state index >= 15 is 0 Å². The Balaban J connectivity index is 2.27. The average Bonchev–Trinajstić information content (AvgIpc) is 3.85. The van der Waals surface area contributed by atoms with Gasteiger partial charge in [-0.05, 0) is 99.5 Å². The van der Waals surface area contributed by atoms with E-state index in [-0.39, 0.29) is 37.6 Å². The van der Waals surface area contributed by atoms with Crippen molar-refractivity contribution >= 4 is 64.6 Å². The molecule has 1 aromatic carbocycles. The summed E-state index contributed by atoms with van der Waals surface area (Å²) in [5, 5.41) is 23.7. The molecule has 2 heterocycles. The molecule has 1 aromatic rings. The number of likely N-dealkylation sites (N-methyl/N-ethyl adjacent to an activating group) is 2. The van der Waals surface area contributed by atoms with E-state index in [1.165, 1.54) is 37.8 Å². The van der Waals surface area contributed by atoms with Crippen LogP contribution in [0.3, 0.4) is 0 Å². The number of rotatable bonds is 16. The van der Waals surface area contributed by atoms with Gasteiger partial charge in [-0.25, -0.2) is 4.79 Å². The van der Waals surface area contributed by atoms with E-state index in [2.05, 4.69) is 21.3 Å². The smallest absolute Gasteiger partial charge is 0.329 e. The maximum Gasteiger partial charge on any atom is 0.329 e. The molecular formula is C54H87N7O12S. The second-order valence-electron chi connectivity index (χ2n) is 21.3. The molecule has 2 aliphatic rings. The van der Waals surface area contributed by atoms with E-state index in [1.54, 1.807) is 57.0 Å². The molecule has 0 radical (unpaired) electrons. The molecule has 2 saturated heterocycles. The number of nitrogens with zero attached hydrogens (tertiary/aromatic N) is 3. The maximum absolute atomic E-state index is 14.9. The number of hydrogen-bond donors (Lipinski definition) is 5. The van der Waals surface area contributed by atoms with Crippen LogP contribution in [0.2, 0.25) is 0 Å². The normalized spacial score (nSPS) is 26.2. The zero-order valence-corrected chi connectivity index (χ0v) is 47.2. The van der Waals surface area contributed by atoms with Crippen LogP contribution in [0.15, 0.2) is 24.3 Å². The van der Waals surface area contributed by atoms with Gasteiger partial charge in [0.15, 0.2) is 17.0 Å². The molecule has 0 aliphatic carbocycles. The molecule has 19 nitrogen and oxygen atoms in total. The summed E-state index contributed by atoms with van der Waals surface area (Å²) >= 11 is 5.70. The van der Waals surface area contributed by atoms with E-state index in [9.17, 15) is 43.5 Å². The summed E-state index contributed by atoms with van der Waals surface area (Å²) in [5.74, 6) is -8.03. The van der Waals surface area contributed by atoms with Gasteiger partial charge in [0, 0.05) is 33.6 Å². The third-order valence-corrected chi connectivity index (χ3v) is 14.5. The van der Waals surface area contributed by atoms with Crippen molar-refractivity contribution in [1.82, 2.24) is 36.0 Å². The first-order valence-corrected chi connectivity index (χ1v) is 26.9. The number of thiocarbonyl (C=S) groups is 1. The van der Waals surface area contributed by atoms with Gasteiger partial charge < -0.3 is 55.3 Å². The number of unbranched alkanes of at least 4 members (excludes halogenated alkanes) is 1. The fourth-order valence-electron chi connectivity index (χ4n) is 9.24. The molecule has 5 amide bonds. The van der Waals surface area contributed by atoms with Gasteiger partial charge in [-0.15, -0.1) is 0 Å². The van der Waals surface area contributed by atoms with Crippen molar-refractivity contribution in [2.75, 3.05) is 34.3 Å². The Bertz CT molecular complexity index is 2090. The van der Waals surface area contributed by atoms with Crippen molar-refractivity contribution in [1.29, 1.82) is 0 Å². The van der Waals surface area contributed by atoms with Gasteiger partial charge in [0.05, 0.1) is 31.6 Å². The van der Waals surface area contributed by atoms with Crippen LogP contribution in [0.1, 0.15) is 133 Å². The van der Waals surface area contributed by atoms with E-state index < -0.39 is 126 Å². The Morgan fingerprint density at radius 2 is 1.58 bits per heavy atom. The largest absolute Gasteiger partial charge is 0.497 e. The van der Waals surface area contributed by atoms with Crippen LogP contribution in [0.4, 0.5) is 0 Å². The van der Waals surface area contributed by atoms with Gasteiger partial charge >= 0.3 is 11.9 Å². The molecule has 0 spiro atoms. The highest BCUT2D eigenvalue weighted by atomic mass is 32.1. The summed E-state index contributed by atoms with van der Waals surface area (Å²) in [4.78, 5) is 120. The van der Waals surface area contributed by atoms with Crippen LogP contribution in [-0.4, -0.2) is 161 Å². The lowest BCUT2D eigenvalue weighted by Gasteiger charge is -2.36. The minimum absolute atomic E-state index is 0.0123. The number of carbonyl (C=O) groups excluding carboxylic acids is 8.